The lowest BCUT2D eigenvalue weighted by Crippen LogP contribution is -2.48. The van der Waals surface area contributed by atoms with Crippen LogP contribution in [0.25, 0.3) is 0 Å². The zero-order chi connectivity index (χ0) is 15.8. The highest BCUT2D eigenvalue weighted by Crippen LogP contribution is 1.99. The summed E-state index contributed by atoms with van der Waals surface area (Å²) in [4.78, 5) is 38.6. The third-order valence-electron chi connectivity index (χ3n) is 3.25. The van der Waals surface area contributed by atoms with Gasteiger partial charge in [0, 0.05) is 33.2 Å². The summed E-state index contributed by atoms with van der Waals surface area (Å²) < 4.78 is 0. The summed E-state index contributed by atoms with van der Waals surface area (Å²) in [6, 6.07) is 0. The molecule has 0 unspecified atom stereocenters. The number of likely N-dealkylation sites (N-methyl/N-ethyl adjacent to an activating group) is 1. The maximum absolute atomic E-state index is 12.1. The van der Waals surface area contributed by atoms with Crippen molar-refractivity contribution in [3.63, 3.8) is 0 Å². The molecule has 1 aliphatic rings. The van der Waals surface area contributed by atoms with Crippen molar-refractivity contribution in [1.82, 2.24) is 20.4 Å². The van der Waals surface area contributed by atoms with Gasteiger partial charge in [-0.2, -0.15) is 0 Å². The van der Waals surface area contributed by atoms with Gasteiger partial charge >= 0.3 is 11.8 Å². The highest BCUT2D eigenvalue weighted by Gasteiger charge is 2.26. The number of rotatable bonds is 4. The van der Waals surface area contributed by atoms with Crippen molar-refractivity contribution in [1.29, 1.82) is 0 Å². The second-order valence-electron chi connectivity index (χ2n) is 5.75. The van der Waals surface area contributed by atoms with E-state index in [-0.39, 0.29) is 12.5 Å². The zero-order valence-corrected chi connectivity index (χ0v) is 13.1. The number of carbonyl (C=O) groups is 3. The third kappa shape index (κ3) is 6.12. The van der Waals surface area contributed by atoms with E-state index in [1.807, 2.05) is 13.8 Å². The van der Waals surface area contributed by atoms with Crippen LogP contribution in [0.15, 0.2) is 0 Å². The molecule has 120 valence electrons. The predicted molar refractivity (Wildman–Crippen MR) is 79.6 cm³/mol. The molecule has 7 nitrogen and oxygen atoms in total. The third-order valence-corrected chi connectivity index (χ3v) is 3.25. The van der Waals surface area contributed by atoms with Gasteiger partial charge in [-0.1, -0.05) is 13.8 Å². The highest BCUT2D eigenvalue weighted by molar-refractivity contribution is 6.35. The molecule has 1 saturated heterocycles. The monoisotopic (exact) mass is 298 g/mol. The standard InChI is InChI=1S/C14H26N4O3/c1-11(2)9-16-12(19)10-17(3)13(20)14(21)18-7-4-5-15-6-8-18/h11,15H,4-10H2,1-3H3,(H,16,19). The maximum atomic E-state index is 12.1. The van der Waals surface area contributed by atoms with Crippen LogP contribution < -0.4 is 10.6 Å². The molecule has 0 radical (unpaired) electrons. The van der Waals surface area contributed by atoms with E-state index in [9.17, 15) is 14.4 Å². The minimum Gasteiger partial charge on any atom is -0.354 e. The molecule has 0 aromatic heterocycles. The molecule has 0 aromatic rings. The summed E-state index contributed by atoms with van der Waals surface area (Å²) in [6.45, 7) is 7.10. The molecule has 0 saturated carbocycles. The number of amides is 3. The number of nitrogens with one attached hydrogen (secondary N) is 2. The van der Waals surface area contributed by atoms with Crippen LogP contribution in [0.1, 0.15) is 20.3 Å². The van der Waals surface area contributed by atoms with E-state index in [1.54, 1.807) is 4.90 Å². The molecular formula is C14H26N4O3. The van der Waals surface area contributed by atoms with Crippen molar-refractivity contribution in [3.05, 3.63) is 0 Å². The first-order valence-electron chi connectivity index (χ1n) is 7.43. The summed E-state index contributed by atoms with van der Waals surface area (Å²) in [6.07, 6.45) is 0.831. The largest absolute Gasteiger partial charge is 0.354 e. The number of nitrogens with zero attached hydrogens (tertiary/aromatic N) is 2. The van der Waals surface area contributed by atoms with Gasteiger partial charge in [0.25, 0.3) is 0 Å². The second kappa shape index (κ2) is 8.61. The minimum atomic E-state index is -0.628. The van der Waals surface area contributed by atoms with Crippen LogP contribution in [0.3, 0.4) is 0 Å². The molecule has 0 aliphatic carbocycles. The lowest BCUT2D eigenvalue weighted by atomic mass is 10.2. The normalized spacial score (nSPS) is 15.5. The van der Waals surface area contributed by atoms with E-state index in [0.717, 1.165) is 13.0 Å². The van der Waals surface area contributed by atoms with Crippen molar-refractivity contribution in [2.24, 2.45) is 5.92 Å². The quantitative estimate of drug-likeness (QED) is 0.655. The van der Waals surface area contributed by atoms with Crippen molar-refractivity contribution < 1.29 is 14.4 Å². The van der Waals surface area contributed by atoms with Crippen LogP contribution in [-0.4, -0.2) is 73.8 Å². The van der Waals surface area contributed by atoms with E-state index < -0.39 is 11.8 Å². The second-order valence-corrected chi connectivity index (χ2v) is 5.75. The van der Waals surface area contributed by atoms with Crippen molar-refractivity contribution in [2.75, 3.05) is 46.3 Å². The summed E-state index contributed by atoms with van der Waals surface area (Å²) >= 11 is 0. The summed E-state index contributed by atoms with van der Waals surface area (Å²) in [5.74, 6) is -1.06. The molecule has 21 heavy (non-hydrogen) atoms. The SMILES string of the molecule is CC(C)CNC(=O)CN(C)C(=O)C(=O)N1CCCNCC1. The van der Waals surface area contributed by atoms with E-state index in [4.69, 9.17) is 0 Å². The Balaban J connectivity index is 2.44. The molecule has 7 heteroatoms. The van der Waals surface area contributed by atoms with Gasteiger partial charge in [-0.15, -0.1) is 0 Å². The van der Waals surface area contributed by atoms with Crippen LogP contribution in [0, 0.1) is 5.92 Å². The van der Waals surface area contributed by atoms with Gasteiger partial charge in [-0.3, -0.25) is 14.4 Å². The maximum Gasteiger partial charge on any atom is 0.312 e. The van der Waals surface area contributed by atoms with Crippen LogP contribution >= 0.6 is 0 Å². The van der Waals surface area contributed by atoms with Gasteiger partial charge in [0.05, 0.1) is 6.54 Å². The molecule has 0 bridgehead atoms. The Hall–Kier alpha value is -1.63. The van der Waals surface area contributed by atoms with Crippen LogP contribution in [-0.2, 0) is 14.4 Å². The molecule has 0 spiro atoms. The van der Waals surface area contributed by atoms with E-state index in [1.165, 1.54) is 11.9 Å². The van der Waals surface area contributed by atoms with Crippen LogP contribution in [0.2, 0.25) is 0 Å². The average molecular weight is 298 g/mol. The molecule has 0 aromatic carbocycles. The first-order chi connectivity index (χ1) is 9.91. The Bertz CT molecular complexity index is 376. The van der Waals surface area contributed by atoms with Gasteiger partial charge in [-0.25, -0.2) is 0 Å². The number of hydrogen-bond donors (Lipinski definition) is 2. The first-order valence-corrected chi connectivity index (χ1v) is 7.43. The average Bonchev–Trinajstić information content (AvgIpc) is 2.72. The molecule has 0 atom stereocenters. The lowest BCUT2D eigenvalue weighted by Gasteiger charge is -2.23. The van der Waals surface area contributed by atoms with Crippen molar-refractivity contribution in [2.45, 2.75) is 20.3 Å². The smallest absolute Gasteiger partial charge is 0.312 e. The fourth-order valence-electron chi connectivity index (χ4n) is 2.01. The van der Waals surface area contributed by atoms with Crippen molar-refractivity contribution >= 4 is 17.7 Å². The molecule has 1 aliphatic heterocycles. The Morgan fingerprint density at radius 3 is 2.62 bits per heavy atom. The van der Waals surface area contributed by atoms with Gasteiger partial charge in [0.2, 0.25) is 5.91 Å². The zero-order valence-electron chi connectivity index (χ0n) is 13.1. The highest BCUT2D eigenvalue weighted by atomic mass is 16.2. The molecule has 2 N–H and O–H groups in total. The van der Waals surface area contributed by atoms with Gasteiger partial charge < -0.3 is 20.4 Å². The molecular weight excluding hydrogens is 272 g/mol. The summed E-state index contributed by atoms with van der Waals surface area (Å²) in [5.41, 5.74) is 0. The molecule has 3 amide bonds. The topological polar surface area (TPSA) is 81.8 Å². The number of carbonyl (C=O) groups excluding carboxylic acids is 3. The Kier molecular flexibility index (Phi) is 7.14. The fraction of sp³-hybridized carbons (Fsp3) is 0.786. The van der Waals surface area contributed by atoms with E-state index in [2.05, 4.69) is 10.6 Å². The summed E-state index contributed by atoms with van der Waals surface area (Å²) in [5, 5.41) is 5.91. The van der Waals surface area contributed by atoms with Gasteiger partial charge in [0.15, 0.2) is 0 Å². The van der Waals surface area contributed by atoms with Crippen LogP contribution in [0.5, 0.6) is 0 Å². The van der Waals surface area contributed by atoms with E-state index >= 15 is 0 Å². The molecule has 1 heterocycles. The Morgan fingerprint density at radius 2 is 1.95 bits per heavy atom. The fourth-order valence-corrected chi connectivity index (χ4v) is 2.01. The minimum absolute atomic E-state index is 0.0939. The van der Waals surface area contributed by atoms with Gasteiger partial charge in [-0.05, 0) is 18.9 Å². The molecule has 1 rings (SSSR count). The first kappa shape index (κ1) is 17.4. The van der Waals surface area contributed by atoms with E-state index in [0.29, 0.717) is 32.1 Å². The van der Waals surface area contributed by atoms with Crippen LogP contribution in [0.4, 0.5) is 0 Å². The van der Waals surface area contributed by atoms with Crippen molar-refractivity contribution in [3.8, 4) is 0 Å². The molecule has 1 fully saturated rings. The predicted octanol–water partition coefficient (Wildman–Crippen LogP) is -0.961. The number of hydrogen-bond acceptors (Lipinski definition) is 4. The lowest BCUT2D eigenvalue weighted by molar-refractivity contribution is -0.151. The Labute approximate surface area is 126 Å². The Morgan fingerprint density at radius 1 is 1.24 bits per heavy atom. The van der Waals surface area contributed by atoms with Gasteiger partial charge in [0.1, 0.15) is 0 Å². The summed E-state index contributed by atoms with van der Waals surface area (Å²) in [7, 11) is 1.48.